The van der Waals surface area contributed by atoms with Crippen molar-refractivity contribution in [3.8, 4) is 6.07 Å². The Bertz CT molecular complexity index is 646. The molecular weight excluding hydrogens is 230 g/mol. The number of nitrogens with zero attached hydrogens (tertiary/aromatic N) is 2. The molecule has 18 heavy (non-hydrogen) atoms. The second-order valence-corrected chi connectivity index (χ2v) is 3.88. The molecule has 0 amide bonds. The third-order valence-electron chi connectivity index (χ3n) is 2.63. The zero-order valence-corrected chi connectivity index (χ0v) is 9.71. The normalized spacial score (nSPS) is 11.8. The molecule has 2 N–H and O–H groups in total. The summed E-state index contributed by atoms with van der Waals surface area (Å²) >= 11 is 0. The van der Waals surface area contributed by atoms with Crippen LogP contribution in [0.4, 0.5) is 5.69 Å². The van der Waals surface area contributed by atoms with Crippen LogP contribution in [0.3, 0.4) is 0 Å². The number of anilines is 1. The van der Waals surface area contributed by atoms with E-state index in [1.165, 1.54) is 13.1 Å². The fourth-order valence-electron chi connectivity index (χ4n) is 1.66. The molecule has 0 spiro atoms. The highest BCUT2D eigenvalue weighted by Gasteiger charge is 2.15. The van der Waals surface area contributed by atoms with Gasteiger partial charge in [0.15, 0.2) is 0 Å². The summed E-state index contributed by atoms with van der Waals surface area (Å²) in [5, 5.41) is 21.6. The van der Waals surface area contributed by atoms with Gasteiger partial charge >= 0.3 is 5.97 Å². The Balaban J connectivity index is 2.59. The zero-order valence-electron chi connectivity index (χ0n) is 9.71. The van der Waals surface area contributed by atoms with E-state index in [-0.39, 0.29) is 0 Å². The minimum Gasteiger partial charge on any atom is -0.480 e. The third-order valence-corrected chi connectivity index (χ3v) is 2.63. The Morgan fingerprint density at radius 3 is 2.89 bits per heavy atom. The first-order valence-electron chi connectivity index (χ1n) is 5.40. The van der Waals surface area contributed by atoms with Crippen molar-refractivity contribution in [3.63, 3.8) is 0 Å². The fourth-order valence-corrected chi connectivity index (χ4v) is 1.66. The number of hydrogen-bond donors (Lipinski definition) is 2. The van der Waals surface area contributed by atoms with Crippen LogP contribution in [-0.2, 0) is 4.79 Å². The summed E-state index contributed by atoms with van der Waals surface area (Å²) < 4.78 is 0. The second-order valence-electron chi connectivity index (χ2n) is 3.88. The Morgan fingerprint density at radius 2 is 2.22 bits per heavy atom. The molecular formula is C13H11N3O2. The highest BCUT2D eigenvalue weighted by Crippen LogP contribution is 2.25. The van der Waals surface area contributed by atoms with E-state index in [4.69, 9.17) is 10.4 Å². The van der Waals surface area contributed by atoms with Gasteiger partial charge < -0.3 is 10.4 Å². The number of nitrogens with one attached hydrogen (secondary N) is 1. The van der Waals surface area contributed by atoms with Gasteiger partial charge in [0, 0.05) is 11.6 Å². The lowest BCUT2D eigenvalue weighted by Gasteiger charge is -2.14. The maximum atomic E-state index is 10.9. The van der Waals surface area contributed by atoms with Gasteiger partial charge in [-0.3, -0.25) is 9.78 Å². The molecule has 2 aromatic rings. The molecule has 0 radical (unpaired) electrons. The van der Waals surface area contributed by atoms with Crippen molar-refractivity contribution in [2.45, 2.75) is 13.0 Å². The number of nitriles is 1. The maximum absolute atomic E-state index is 10.9. The summed E-state index contributed by atoms with van der Waals surface area (Å²) in [6, 6.07) is 8.52. The van der Waals surface area contributed by atoms with E-state index in [2.05, 4.69) is 10.3 Å². The van der Waals surface area contributed by atoms with Gasteiger partial charge in [0.1, 0.15) is 12.1 Å². The Kier molecular flexibility index (Phi) is 3.11. The number of para-hydroxylation sites is 1. The van der Waals surface area contributed by atoms with E-state index >= 15 is 0 Å². The molecule has 1 aromatic carbocycles. The number of hydrogen-bond acceptors (Lipinski definition) is 4. The predicted octanol–water partition coefficient (Wildman–Crippen LogP) is 1.99. The summed E-state index contributed by atoms with van der Waals surface area (Å²) in [5.74, 6) is -0.972. The number of carbonyl (C=O) groups is 1. The number of aliphatic carboxylic acids is 1. The van der Waals surface area contributed by atoms with Crippen LogP contribution in [0, 0.1) is 11.3 Å². The van der Waals surface area contributed by atoms with Gasteiger partial charge in [0.05, 0.1) is 16.8 Å². The lowest BCUT2D eigenvalue weighted by atomic mass is 10.1. The van der Waals surface area contributed by atoms with E-state index in [9.17, 15) is 4.79 Å². The first-order chi connectivity index (χ1) is 8.63. The molecule has 1 aromatic heterocycles. The molecule has 0 saturated heterocycles. The topological polar surface area (TPSA) is 86.0 Å². The average molecular weight is 241 g/mol. The van der Waals surface area contributed by atoms with Crippen LogP contribution in [0.15, 0.2) is 30.5 Å². The van der Waals surface area contributed by atoms with Gasteiger partial charge in [0.25, 0.3) is 0 Å². The van der Waals surface area contributed by atoms with Crippen LogP contribution in [0.25, 0.3) is 10.9 Å². The van der Waals surface area contributed by atoms with Crippen LogP contribution in [0.2, 0.25) is 0 Å². The average Bonchev–Trinajstić information content (AvgIpc) is 2.39. The summed E-state index contributed by atoms with van der Waals surface area (Å²) in [6.45, 7) is 1.53. The van der Waals surface area contributed by atoms with Crippen molar-refractivity contribution in [1.82, 2.24) is 4.98 Å². The van der Waals surface area contributed by atoms with Gasteiger partial charge in [-0.1, -0.05) is 18.2 Å². The molecule has 0 aliphatic rings. The third kappa shape index (κ3) is 2.09. The fraction of sp³-hybridized carbons (Fsp3) is 0.154. The van der Waals surface area contributed by atoms with Gasteiger partial charge in [0.2, 0.25) is 0 Å². The SMILES string of the molecule is CC(Nc1c(C#N)cnc2ccccc12)C(=O)O. The molecule has 0 aliphatic heterocycles. The first kappa shape index (κ1) is 11.9. The largest absolute Gasteiger partial charge is 0.480 e. The van der Waals surface area contributed by atoms with Crippen LogP contribution in [-0.4, -0.2) is 22.1 Å². The van der Waals surface area contributed by atoms with Crippen molar-refractivity contribution in [2.24, 2.45) is 0 Å². The van der Waals surface area contributed by atoms with Gasteiger partial charge in [-0.15, -0.1) is 0 Å². The lowest BCUT2D eigenvalue weighted by molar-refractivity contribution is -0.137. The highest BCUT2D eigenvalue weighted by molar-refractivity contribution is 5.95. The monoisotopic (exact) mass is 241 g/mol. The van der Waals surface area contributed by atoms with E-state index in [0.29, 0.717) is 11.3 Å². The van der Waals surface area contributed by atoms with Crippen molar-refractivity contribution in [3.05, 3.63) is 36.0 Å². The summed E-state index contributed by atoms with van der Waals surface area (Å²) in [7, 11) is 0. The maximum Gasteiger partial charge on any atom is 0.325 e. The molecule has 1 unspecified atom stereocenters. The van der Waals surface area contributed by atoms with Gasteiger partial charge in [-0.05, 0) is 13.0 Å². The van der Waals surface area contributed by atoms with Crippen LogP contribution in [0.1, 0.15) is 12.5 Å². The molecule has 5 heteroatoms. The summed E-state index contributed by atoms with van der Waals surface area (Å²) in [6.07, 6.45) is 1.44. The molecule has 0 fully saturated rings. The Labute approximate surface area is 104 Å². The molecule has 90 valence electrons. The second kappa shape index (κ2) is 4.72. The number of carboxylic acids is 1. The number of fused-ring (bicyclic) bond motifs is 1. The molecule has 0 saturated carbocycles. The molecule has 0 aliphatic carbocycles. The minimum atomic E-state index is -0.972. The lowest BCUT2D eigenvalue weighted by Crippen LogP contribution is -2.26. The van der Waals surface area contributed by atoms with Crippen molar-refractivity contribution in [1.29, 1.82) is 5.26 Å². The first-order valence-corrected chi connectivity index (χ1v) is 5.40. The molecule has 1 heterocycles. The smallest absolute Gasteiger partial charge is 0.325 e. The predicted molar refractivity (Wildman–Crippen MR) is 67.2 cm³/mol. The van der Waals surface area contributed by atoms with E-state index in [1.807, 2.05) is 24.3 Å². The number of benzene rings is 1. The highest BCUT2D eigenvalue weighted by atomic mass is 16.4. The molecule has 2 rings (SSSR count). The number of carboxylic acid groups (broad SMARTS) is 1. The standard InChI is InChI=1S/C13H11N3O2/c1-8(13(17)18)16-12-9(6-14)7-15-11-5-3-2-4-10(11)12/h2-5,7-8H,1H3,(H,15,16)(H,17,18). The van der Waals surface area contributed by atoms with Gasteiger partial charge in [-0.25, -0.2) is 0 Å². The zero-order chi connectivity index (χ0) is 13.1. The van der Waals surface area contributed by atoms with E-state index in [1.54, 1.807) is 6.07 Å². The number of aromatic nitrogens is 1. The van der Waals surface area contributed by atoms with E-state index < -0.39 is 12.0 Å². The van der Waals surface area contributed by atoms with Crippen LogP contribution < -0.4 is 5.32 Å². The molecule has 1 atom stereocenters. The minimum absolute atomic E-state index is 0.335. The van der Waals surface area contributed by atoms with E-state index in [0.717, 1.165) is 10.9 Å². The summed E-state index contributed by atoms with van der Waals surface area (Å²) in [4.78, 5) is 15.0. The Hall–Kier alpha value is -2.61. The number of pyridine rings is 1. The molecule has 0 bridgehead atoms. The van der Waals surface area contributed by atoms with Crippen LogP contribution >= 0.6 is 0 Å². The molecule has 5 nitrogen and oxygen atoms in total. The van der Waals surface area contributed by atoms with Gasteiger partial charge in [-0.2, -0.15) is 5.26 Å². The quantitative estimate of drug-likeness (QED) is 0.858. The van der Waals surface area contributed by atoms with Crippen molar-refractivity contribution < 1.29 is 9.90 Å². The Morgan fingerprint density at radius 1 is 1.50 bits per heavy atom. The van der Waals surface area contributed by atoms with Crippen molar-refractivity contribution >= 4 is 22.6 Å². The summed E-state index contributed by atoms with van der Waals surface area (Å²) in [5.41, 5.74) is 1.57. The van der Waals surface area contributed by atoms with Crippen molar-refractivity contribution in [2.75, 3.05) is 5.32 Å². The number of rotatable bonds is 3. The van der Waals surface area contributed by atoms with Crippen LogP contribution in [0.5, 0.6) is 0 Å².